The van der Waals surface area contributed by atoms with E-state index in [1.807, 2.05) is 6.92 Å². The van der Waals surface area contributed by atoms with Gasteiger partial charge in [0.2, 0.25) is 0 Å². The van der Waals surface area contributed by atoms with Gasteiger partial charge < -0.3 is 5.11 Å². The minimum atomic E-state index is -3.25. The molecule has 1 N–H and O–H groups in total. The molecule has 0 fully saturated rings. The molecule has 1 unspecified atom stereocenters. The van der Waals surface area contributed by atoms with Crippen molar-refractivity contribution >= 4 is 21.4 Å². The topological polar surface area (TPSA) is 72.2 Å². The average molecular weight is 329 g/mol. The highest BCUT2D eigenvalue weighted by atomic mass is 35.5. The zero-order valence-corrected chi connectivity index (χ0v) is 13.4. The van der Waals surface area contributed by atoms with Crippen LogP contribution >= 0.6 is 11.6 Å². The predicted octanol–water partition coefficient (Wildman–Crippen LogP) is 2.43. The standard InChI is InChI=1S/C14H17ClN2O3S/c1-3-8-17-13(12(15)9-16-17)14(18)10-4-6-11(7-5-10)21(2,19)20/h4-7,9,14,18H,3,8H2,1-2H3. The Morgan fingerprint density at radius 3 is 2.48 bits per heavy atom. The SMILES string of the molecule is CCCn1ncc(Cl)c1C(O)c1ccc(S(C)(=O)=O)cc1. The lowest BCUT2D eigenvalue weighted by molar-refractivity contribution is 0.207. The van der Waals surface area contributed by atoms with Crippen molar-refractivity contribution in [1.82, 2.24) is 9.78 Å². The van der Waals surface area contributed by atoms with E-state index in [4.69, 9.17) is 11.6 Å². The lowest BCUT2D eigenvalue weighted by Crippen LogP contribution is -2.10. The number of hydrogen-bond acceptors (Lipinski definition) is 4. The lowest BCUT2D eigenvalue weighted by atomic mass is 10.1. The number of aromatic nitrogens is 2. The number of benzene rings is 1. The quantitative estimate of drug-likeness (QED) is 0.915. The Bertz CT molecular complexity index is 723. The highest BCUT2D eigenvalue weighted by molar-refractivity contribution is 7.90. The molecule has 5 nitrogen and oxygen atoms in total. The van der Waals surface area contributed by atoms with Gasteiger partial charge in [0, 0.05) is 12.8 Å². The molecule has 0 radical (unpaired) electrons. The van der Waals surface area contributed by atoms with Crippen LogP contribution in [-0.2, 0) is 16.4 Å². The molecule has 0 saturated heterocycles. The van der Waals surface area contributed by atoms with E-state index in [9.17, 15) is 13.5 Å². The fourth-order valence-electron chi connectivity index (χ4n) is 2.09. The van der Waals surface area contributed by atoms with Gasteiger partial charge in [-0.25, -0.2) is 8.42 Å². The number of sulfone groups is 1. The summed E-state index contributed by atoms with van der Waals surface area (Å²) in [4.78, 5) is 0.214. The molecule has 0 aliphatic heterocycles. The van der Waals surface area contributed by atoms with Crippen LogP contribution < -0.4 is 0 Å². The molecule has 2 aromatic rings. The molecule has 0 aliphatic carbocycles. The first-order valence-corrected chi connectivity index (χ1v) is 8.80. The summed E-state index contributed by atoms with van der Waals surface area (Å²) in [5, 5.41) is 15.0. The minimum absolute atomic E-state index is 0.214. The van der Waals surface area contributed by atoms with E-state index < -0.39 is 15.9 Å². The number of rotatable bonds is 5. The van der Waals surface area contributed by atoms with Crippen LogP contribution in [0.15, 0.2) is 35.4 Å². The largest absolute Gasteiger partial charge is 0.382 e. The molecule has 0 aliphatic rings. The molecule has 2 rings (SSSR count). The lowest BCUT2D eigenvalue weighted by Gasteiger charge is -2.14. The van der Waals surface area contributed by atoms with E-state index in [1.165, 1.54) is 18.3 Å². The summed E-state index contributed by atoms with van der Waals surface area (Å²) >= 11 is 6.09. The fourth-order valence-corrected chi connectivity index (χ4v) is 2.96. The van der Waals surface area contributed by atoms with Crippen LogP contribution in [0.25, 0.3) is 0 Å². The molecule has 21 heavy (non-hydrogen) atoms. The second kappa shape index (κ2) is 6.17. The maximum Gasteiger partial charge on any atom is 0.175 e. The fraction of sp³-hybridized carbons (Fsp3) is 0.357. The van der Waals surface area contributed by atoms with E-state index in [-0.39, 0.29) is 4.90 Å². The van der Waals surface area contributed by atoms with Crippen molar-refractivity contribution in [3.05, 3.63) is 46.7 Å². The third kappa shape index (κ3) is 3.45. The maximum atomic E-state index is 11.4. The van der Waals surface area contributed by atoms with Crippen LogP contribution in [0.1, 0.15) is 30.7 Å². The summed E-state index contributed by atoms with van der Waals surface area (Å²) < 4.78 is 24.5. The normalized spacial score (nSPS) is 13.3. The Morgan fingerprint density at radius 2 is 1.95 bits per heavy atom. The number of halogens is 1. The van der Waals surface area contributed by atoms with Crippen molar-refractivity contribution in [2.45, 2.75) is 30.9 Å². The molecule has 0 bridgehead atoms. The van der Waals surface area contributed by atoms with E-state index in [0.29, 0.717) is 22.8 Å². The van der Waals surface area contributed by atoms with Crippen LogP contribution in [0.3, 0.4) is 0 Å². The monoisotopic (exact) mass is 328 g/mol. The molecule has 1 heterocycles. The Balaban J connectivity index is 2.36. The Kier molecular flexibility index (Phi) is 4.70. The van der Waals surface area contributed by atoms with Crippen LogP contribution in [0.4, 0.5) is 0 Å². The van der Waals surface area contributed by atoms with Crippen molar-refractivity contribution in [2.75, 3.05) is 6.26 Å². The van der Waals surface area contributed by atoms with Crippen LogP contribution in [0, 0.1) is 0 Å². The Morgan fingerprint density at radius 1 is 1.33 bits per heavy atom. The van der Waals surface area contributed by atoms with E-state index in [0.717, 1.165) is 12.7 Å². The van der Waals surface area contributed by atoms with Crippen molar-refractivity contribution in [2.24, 2.45) is 0 Å². The predicted molar refractivity (Wildman–Crippen MR) is 81.1 cm³/mol. The molecule has 114 valence electrons. The minimum Gasteiger partial charge on any atom is -0.382 e. The average Bonchev–Trinajstić information content (AvgIpc) is 2.79. The van der Waals surface area contributed by atoms with Gasteiger partial charge in [-0.15, -0.1) is 0 Å². The first-order valence-electron chi connectivity index (χ1n) is 6.54. The van der Waals surface area contributed by atoms with Crippen LogP contribution in [-0.4, -0.2) is 29.6 Å². The molecule has 1 aromatic carbocycles. The molecule has 0 saturated carbocycles. The molecule has 1 atom stereocenters. The smallest absolute Gasteiger partial charge is 0.175 e. The van der Waals surface area contributed by atoms with Gasteiger partial charge in [-0.3, -0.25) is 4.68 Å². The third-order valence-electron chi connectivity index (χ3n) is 3.15. The first kappa shape index (κ1) is 16.0. The summed E-state index contributed by atoms with van der Waals surface area (Å²) in [7, 11) is -3.25. The molecular weight excluding hydrogens is 312 g/mol. The van der Waals surface area contributed by atoms with Gasteiger partial charge in [0.15, 0.2) is 9.84 Å². The second-order valence-corrected chi connectivity index (χ2v) is 7.27. The van der Waals surface area contributed by atoms with Crippen molar-refractivity contribution in [3.63, 3.8) is 0 Å². The van der Waals surface area contributed by atoms with Crippen molar-refractivity contribution < 1.29 is 13.5 Å². The van der Waals surface area contributed by atoms with E-state index >= 15 is 0 Å². The van der Waals surface area contributed by atoms with Gasteiger partial charge in [-0.05, 0) is 24.1 Å². The molecular formula is C14H17ClN2O3S. The first-order chi connectivity index (χ1) is 9.84. The number of nitrogens with zero attached hydrogens (tertiary/aromatic N) is 2. The zero-order valence-electron chi connectivity index (χ0n) is 11.8. The highest BCUT2D eigenvalue weighted by Crippen LogP contribution is 2.29. The third-order valence-corrected chi connectivity index (χ3v) is 4.57. The van der Waals surface area contributed by atoms with Crippen molar-refractivity contribution in [3.8, 4) is 0 Å². The van der Waals surface area contributed by atoms with Crippen molar-refractivity contribution in [1.29, 1.82) is 0 Å². The number of aliphatic hydroxyl groups is 1. The second-order valence-electron chi connectivity index (χ2n) is 4.84. The van der Waals surface area contributed by atoms with E-state index in [2.05, 4.69) is 5.10 Å². The summed E-state index contributed by atoms with van der Waals surface area (Å²) in [6, 6.07) is 6.12. The molecule has 0 amide bonds. The number of aliphatic hydroxyl groups excluding tert-OH is 1. The van der Waals surface area contributed by atoms with Gasteiger partial charge in [0.05, 0.1) is 21.8 Å². The van der Waals surface area contributed by atoms with Gasteiger partial charge in [-0.2, -0.15) is 5.10 Å². The van der Waals surface area contributed by atoms with E-state index in [1.54, 1.807) is 16.8 Å². The number of hydrogen-bond donors (Lipinski definition) is 1. The highest BCUT2D eigenvalue weighted by Gasteiger charge is 2.20. The summed E-state index contributed by atoms with van der Waals surface area (Å²) in [5.41, 5.74) is 1.09. The van der Waals surface area contributed by atoms with Gasteiger partial charge >= 0.3 is 0 Å². The van der Waals surface area contributed by atoms with Crippen LogP contribution in [0.2, 0.25) is 5.02 Å². The summed E-state index contributed by atoms with van der Waals surface area (Å²) in [5.74, 6) is 0. The zero-order chi connectivity index (χ0) is 15.6. The molecule has 0 spiro atoms. The van der Waals surface area contributed by atoms with Crippen LogP contribution in [0.5, 0.6) is 0 Å². The molecule has 7 heteroatoms. The summed E-state index contributed by atoms with van der Waals surface area (Å²) in [6.45, 7) is 2.66. The maximum absolute atomic E-state index is 11.4. The summed E-state index contributed by atoms with van der Waals surface area (Å²) in [6.07, 6.45) is 2.57. The Labute approximate surface area is 129 Å². The molecule has 1 aromatic heterocycles. The van der Waals surface area contributed by atoms with Gasteiger partial charge in [0.1, 0.15) is 6.10 Å². The van der Waals surface area contributed by atoms with Gasteiger partial charge in [0.25, 0.3) is 0 Å². The number of aryl methyl sites for hydroxylation is 1. The Hall–Kier alpha value is -1.37. The van der Waals surface area contributed by atoms with Gasteiger partial charge in [-0.1, -0.05) is 30.7 Å².